The van der Waals surface area contributed by atoms with Gasteiger partial charge in [0.05, 0.1) is 29.6 Å². The first-order valence-electron chi connectivity index (χ1n) is 39.1. The number of piperazine rings is 4. The zero-order valence-corrected chi connectivity index (χ0v) is 62.0. The van der Waals surface area contributed by atoms with Crippen molar-refractivity contribution in [2.45, 2.75) is 210 Å². The van der Waals surface area contributed by atoms with Crippen molar-refractivity contribution in [3.8, 4) is 11.5 Å². The van der Waals surface area contributed by atoms with Gasteiger partial charge in [0, 0.05) is 230 Å². The topological polar surface area (TPSA) is 307 Å². The molecular weight excluding hydrogens is 1300 g/mol. The number of nitro benzene ring substituents is 2. The fourth-order valence-corrected chi connectivity index (χ4v) is 16.0. The van der Waals surface area contributed by atoms with Gasteiger partial charge in [0.1, 0.15) is 5.78 Å². The molecule has 26 nitrogen and oxygen atoms in total. The van der Waals surface area contributed by atoms with E-state index in [4.69, 9.17) is 20.3 Å². The number of benzene rings is 2. The molecule has 0 bridgehead atoms. The summed E-state index contributed by atoms with van der Waals surface area (Å²) in [7, 11) is 2.62. The van der Waals surface area contributed by atoms with E-state index in [-0.39, 0.29) is 58.2 Å². The van der Waals surface area contributed by atoms with Gasteiger partial charge in [-0.25, -0.2) is 4.79 Å². The van der Waals surface area contributed by atoms with Crippen molar-refractivity contribution in [1.29, 1.82) is 0 Å². The van der Waals surface area contributed by atoms with E-state index in [0.717, 1.165) is 118 Å². The SMILES string of the molecule is C1CN(CC2CC2)CCN1.CC(=O)NC1CCC(=O)CC1.CC(=O)NC1CCC(N2CCN(CC3CC3)CC2)CC1.COc1cc(C(=O)NC2CCC(N3CCN(CC4CC4)CC3)CC2)ccc1[N+](=O)[O-].COc1cc(C(=O)O)ccc1[N+](=O)[O-].NC1CCC(N2CCN(CC3CC3)CC2)CC1. The van der Waals surface area contributed by atoms with Crippen molar-refractivity contribution < 1.29 is 48.4 Å². The number of carbonyl (C=O) groups is 5. The third-order valence-electron chi connectivity index (χ3n) is 22.9. The third kappa shape index (κ3) is 28.1. The molecule has 570 valence electrons. The molecule has 26 heteroatoms. The quantitative estimate of drug-likeness (QED) is 0.0547. The number of ketones is 1. The molecule has 4 heterocycles. The first-order valence-corrected chi connectivity index (χ1v) is 39.1. The van der Waals surface area contributed by atoms with Crippen LogP contribution in [0.15, 0.2) is 36.4 Å². The molecule has 3 amide bonds. The summed E-state index contributed by atoms with van der Waals surface area (Å²) in [5.74, 6) is 3.26. The second kappa shape index (κ2) is 41.1. The molecule has 2 aromatic rings. The standard InChI is InChI=1S/C22H32N4O4.C16H29N3O.C14H27N3.C8H16N2.C8H7NO5.C8H13NO2/c1-30-21-14-17(4-9-20(21)26(28)29)22(27)23-18-5-7-19(8-6-18)25-12-10-24(11-13-25)15-16-2-3-16;1-13(20)17-15-4-6-16(7-5-15)19-10-8-18(9-11-19)12-14-2-3-14;15-13-3-5-14(6-4-13)17-9-7-16(8-10-17)11-12-1-2-12;1-2-8(1)7-10-5-3-9-4-6-10;1-14-7-4-5(8(10)11)2-3-6(7)9(12)13;1-6(10)9-7-2-4-8(11)5-3-7/h4,9,14,16,18-19H,2-3,5-8,10-13,15H2,1H3,(H,23,27);14-16H,2-12H2,1H3,(H,17,20);12-14H,1-11,15H2;8-9H,1-7H2;2-4H,1H3,(H,10,11);7H,2-5H2,1H3,(H,9,10). The number of amides is 3. The Labute approximate surface area is 606 Å². The predicted octanol–water partition coefficient (Wildman–Crippen LogP) is 7.65. The van der Waals surface area contributed by atoms with Crippen molar-refractivity contribution >= 4 is 40.8 Å². The molecule has 0 radical (unpaired) electrons. The number of nitrogens with zero attached hydrogens (tertiary/aromatic N) is 9. The predicted molar refractivity (Wildman–Crippen MR) is 395 cm³/mol. The largest absolute Gasteiger partial charge is 0.490 e. The summed E-state index contributed by atoms with van der Waals surface area (Å²) in [6, 6.07) is 11.2. The van der Waals surface area contributed by atoms with E-state index in [1.807, 2.05) is 0 Å². The summed E-state index contributed by atoms with van der Waals surface area (Å²) < 4.78 is 9.76. The molecule has 8 saturated carbocycles. The Kier molecular flexibility index (Phi) is 32.3. The van der Waals surface area contributed by atoms with Gasteiger partial charge >= 0.3 is 17.3 Å². The number of nitrogens with two attached hydrogens (primary N) is 1. The Balaban J connectivity index is 0.000000148. The second-order valence-corrected chi connectivity index (χ2v) is 31.2. The van der Waals surface area contributed by atoms with Crippen LogP contribution in [0.1, 0.15) is 189 Å². The lowest BCUT2D eigenvalue weighted by molar-refractivity contribution is -0.385. The van der Waals surface area contributed by atoms with E-state index in [0.29, 0.717) is 42.3 Å². The Bertz CT molecular complexity index is 2940. The number of methoxy groups -OCH3 is 2. The molecular formula is C76H124N14O12. The Hall–Kier alpha value is -5.97. The molecule has 2 aromatic carbocycles. The zero-order chi connectivity index (χ0) is 72.5. The van der Waals surface area contributed by atoms with E-state index >= 15 is 0 Å². The average molecular weight is 1430 g/mol. The van der Waals surface area contributed by atoms with Crippen LogP contribution in [0.4, 0.5) is 11.4 Å². The van der Waals surface area contributed by atoms with Gasteiger partial charge in [0.15, 0.2) is 11.5 Å². The summed E-state index contributed by atoms with van der Waals surface area (Å²) in [5, 5.41) is 42.4. The van der Waals surface area contributed by atoms with E-state index in [2.05, 4.69) is 55.6 Å². The zero-order valence-electron chi connectivity index (χ0n) is 62.0. The number of carboxylic acid groups (broad SMARTS) is 1. The van der Waals surface area contributed by atoms with Crippen LogP contribution in [0, 0.1) is 43.9 Å². The van der Waals surface area contributed by atoms with E-state index < -0.39 is 15.8 Å². The minimum Gasteiger partial charge on any atom is -0.490 e. The second-order valence-electron chi connectivity index (χ2n) is 31.2. The maximum atomic E-state index is 12.6. The van der Waals surface area contributed by atoms with Crippen molar-refractivity contribution in [1.82, 2.24) is 55.6 Å². The summed E-state index contributed by atoms with van der Waals surface area (Å²) >= 11 is 0. The minimum absolute atomic E-state index is 0.00403. The maximum absolute atomic E-state index is 12.6. The number of ether oxygens (including phenoxy) is 2. The normalized spacial score (nSPS) is 26.5. The molecule has 0 aromatic heterocycles. The van der Waals surface area contributed by atoms with E-state index in [9.17, 15) is 44.2 Å². The molecule has 0 spiro atoms. The van der Waals surface area contributed by atoms with Crippen LogP contribution in [0.2, 0.25) is 0 Å². The minimum atomic E-state index is -1.15. The van der Waals surface area contributed by atoms with Gasteiger partial charge in [0.2, 0.25) is 11.8 Å². The highest BCUT2D eigenvalue weighted by atomic mass is 16.6. The highest BCUT2D eigenvalue weighted by Gasteiger charge is 2.35. The van der Waals surface area contributed by atoms with Crippen LogP contribution in [-0.4, -0.2) is 266 Å². The van der Waals surface area contributed by atoms with Crippen LogP contribution < -0.4 is 36.5 Å². The number of carboxylic acids is 1. The summed E-state index contributed by atoms with van der Waals surface area (Å²) in [5.41, 5.74) is 5.94. The molecule has 7 N–H and O–H groups in total. The van der Waals surface area contributed by atoms with Gasteiger partial charge in [-0.2, -0.15) is 0 Å². The van der Waals surface area contributed by atoms with Gasteiger partial charge in [-0.15, -0.1) is 0 Å². The molecule has 4 aliphatic heterocycles. The number of nitrogens with one attached hydrogen (secondary N) is 4. The number of Topliss-reactive ketones (excluding diaryl/α,β-unsaturated/α-hetero) is 1. The third-order valence-corrected chi connectivity index (χ3v) is 22.9. The molecule has 0 unspecified atom stereocenters. The van der Waals surface area contributed by atoms with Crippen molar-refractivity contribution in [2.24, 2.45) is 29.4 Å². The first-order chi connectivity index (χ1) is 49.2. The molecule has 8 aliphatic carbocycles. The van der Waals surface area contributed by atoms with Crippen LogP contribution in [0.25, 0.3) is 0 Å². The number of aromatic carboxylic acids is 1. The van der Waals surface area contributed by atoms with E-state index in [1.165, 1.54) is 247 Å². The Morgan fingerprint density at radius 3 is 1.13 bits per heavy atom. The molecule has 12 aliphatic rings. The van der Waals surface area contributed by atoms with E-state index in [1.54, 1.807) is 6.92 Å². The lowest BCUT2D eigenvalue weighted by Crippen LogP contribution is -2.52. The summed E-state index contributed by atoms with van der Waals surface area (Å²) in [6.07, 6.45) is 28.8. The Morgan fingerprint density at radius 2 is 0.794 bits per heavy atom. The first kappa shape index (κ1) is 80.1. The fourth-order valence-electron chi connectivity index (χ4n) is 16.0. The summed E-state index contributed by atoms with van der Waals surface area (Å²) in [6.45, 7) is 28.4. The van der Waals surface area contributed by atoms with Crippen LogP contribution in [0.3, 0.4) is 0 Å². The van der Waals surface area contributed by atoms with Gasteiger partial charge in [0.25, 0.3) is 5.91 Å². The molecule has 14 rings (SSSR count). The van der Waals surface area contributed by atoms with Crippen LogP contribution in [0.5, 0.6) is 11.5 Å². The highest BCUT2D eigenvalue weighted by molar-refractivity contribution is 5.95. The highest BCUT2D eigenvalue weighted by Crippen LogP contribution is 2.35. The monoisotopic (exact) mass is 1420 g/mol. The molecule has 12 fully saturated rings. The van der Waals surface area contributed by atoms with Crippen molar-refractivity contribution in [3.63, 3.8) is 0 Å². The molecule has 0 atom stereocenters. The number of hydrogen-bond acceptors (Lipinski definition) is 20. The van der Waals surface area contributed by atoms with Crippen molar-refractivity contribution in [2.75, 3.05) is 145 Å². The van der Waals surface area contributed by atoms with Crippen LogP contribution >= 0.6 is 0 Å². The number of hydrogen-bond donors (Lipinski definition) is 6. The van der Waals surface area contributed by atoms with Crippen LogP contribution in [-0.2, 0) is 14.4 Å². The van der Waals surface area contributed by atoms with Gasteiger partial charge < -0.3 is 61.2 Å². The van der Waals surface area contributed by atoms with Gasteiger partial charge in [-0.1, -0.05) is 0 Å². The average Bonchev–Trinajstić information content (AvgIpc) is 1.74. The molecule has 4 saturated heterocycles. The fraction of sp³-hybridized carbons (Fsp3) is 0.776. The number of nitro groups is 2. The Morgan fingerprint density at radius 1 is 0.471 bits per heavy atom. The van der Waals surface area contributed by atoms with Gasteiger partial charge in [-0.05, 0) is 177 Å². The lowest BCUT2D eigenvalue weighted by Gasteiger charge is -2.42. The van der Waals surface area contributed by atoms with Gasteiger partial charge in [-0.3, -0.25) is 54.1 Å². The summed E-state index contributed by atoms with van der Waals surface area (Å²) in [4.78, 5) is 94.6. The smallest absolute Gasteiger partial charge is 0.335 e. The molecule has 102 heavy (non-hydrogen) atoms. The maximum Gasteiger partial charge on any atom is 0.335 e. The number of carbonyl (C=O) groups excluding carboxylic acids is 4. The van der Waals surface area contributed by atoms with Crippen molar-refractivity contribution in [3.05, 3.63) is 67.8 Å². The lowest BCUT2D eigenvalue weighted by atomic mass is 9.89. The number of rotatable bonds is 20.